The van der Waals surface area contributed by atoms with Crippen LogP contribution < -0.4 is 4.74 Å². The summed E-state index contributed by atoms with van der Waals surface area (Å²) in [6.07, 6.45) is 3.83. The lowest BCUT2D eigenvalue weighted by molar-refractivity contribution is 0.352. The van der Waals surface area contributed by atoms with Gasteiger partial charge in [0.25, 0.3) is 0 Å². The van der Waals surface area contributed by atoms with E-state index in [1.165, 1.54) is 0 Å². The van der Waals surface area contributed by atoms with Crippen molar-refractivity contribution in [1.29, 1.82) is 0 Å². The maximum absolute atomic E-state index is 5.82. The number of hydrogen-bond donors (Lipinski definition) is 0. The average molecular weight is 235 g/mol. The molecule has 82 valence electrons. The molecule has 0 unspecified atom stereocenters. The van der Waals surface area contributed by atoms with Gasteiger partial charge in [0.2, 0.25) is 11.2 Å². The lowest BCUT2D eigenvalue weighted by Crippen LogP contribution is -1.98. The van der Waals surface area contributed by atoms with E-state index in [9.17, 15) is 0 Å². The number of hydrogen-bond acceptors (Lipinski definition) is 3. The maximum atomic E-state index is 5.82. The van der Waals surface area contributed by atoms with E-state index in [0.717, 1.165) is 10.9 Å². The molecule has 1 aromatic heterocycles. The molecule has 0 bridgehead atoms. The van der Waals surface area contributed by atoms with Crippen LogP contribution in [0.25, 0.3) is 10.9 Å². The predicted molar refractivity (Wildman–Crippen MR) is 64.9 cm³/mol. The minimum absolute atomic E-state index is 0.203. The first-order chi connectivity index (χ1) is 7.81. The molecule has 0 N–H and O–H groups in total. The smallest absolute Gasteiger partial charge is 0.226 e. The van der Waals surface area contributed by atoms with Crippen molar-refractivity contribution in [3.8, 4) is 5.88 Å². The van der Waals surface area contributed by atoms with Gasteiger partial charge in [-0.25, -0.2) is 4.98 Å². The van der Waals surface area contributed by atoms with Crippen LogP contribution in [0.4, 0.5) is 0 Å². The van der Waals surface area contributed by atoms with Gasteiger partial charge < -0.3 is 4.74 Å². The number of rotatable bonds is 3. The van der Waals surface area contributed by atoms with Gasteiger partial charge in [-0.2, -0.15) is 4.98 Å². The number of para-hydroxylation sites is 1. The molecule has 3 nitrogen and oxygen atoms in total. The lowest BCUT2D eigenvalue weighted by Gasteiger charge is -2.05. The van der Waals surface area contributed by atoms with Crippen LogP contribution in [0.15, 0.2) is 36.4 Å². The number of halogens is 1. The average Bonchev–Trinajstić information content (AvgIpc) is 2.29. The van der Waals surface area contributed by atoms with Crippen LogP contribution in [0.1, 0.15) is 6.92 Å². The van der Waals surface area contributed by atoms with Crippen molar-refractivity contribution < 1.29 is 4.74 Å². The second-order valence-corrected chi connectivity index (χ2v) is 3.53. The summed E-state index contributed by atoms with van der Waals surface area (Å²) in [6.45, 7) is 2.42. The van der Waals surface area contributed by atoms with Gasteiger partial charge in [-0.15, -0.1) is 0 Å². The molecule has 1 heterocycles. The predicted octanol–water partition coefficient (Wildman–Crippen LogP) is 3.24. The second-order valence-electron chi connectivity index (χ2n) is 3.19. The highest BCUT2D eigenvalue weighted by Gasteiger charge is 2.06. The Morgan fingerprint density at radius 2 is 2.12 bits per heavy atom. The van der Waals surface area contributed by atoms with Crippen LogP contribution >= 0.6 is 11.6 Å². The van der Waals surface area contributed by atoms with Gasteiger partial charge in [0.15, 0.2) is 0 Å². The number of allylic oxidation sites excluding steroid dienone is 1. The molecule has 0 saturated carbocycles. The summed E-state index contributed by atoms with van der Waals surface area (Å²) in [5, 5.41) is 1.07. The molecule has 0 aliphatic heterocycles. The minimum atomic E-state index is 0.203. The van der Waals surface area contributed by atoms with Crippen LogP contribution in [0.2, 0.25) is 5.28 Å². The Kier molecular flexibility index (Phi) is 3.37. The highest BCUT2D eigenvalue weighted by molar-refractivity contribution is 6.28. The molecule has 1 aromatic carbocycles. The summed E-state index contributed by atoms with van der Waals surface area (Å²) >= 11 is 5.82. The molecule has 0 fully saturated rings. The van der Waals surface area contributed by atoms with E-state index >= 15 is 0 Å². The summed E-state index contributed by atoms with van der Waals surface area (Å²) < 4.78 is 5.52. The van der Waals surface area contributed by atoms with Crippen molar-refractivity contribution in [2.24, 2.45) is 0 Å². The Balaban J connectivity index is 2.42. The van der Waals surface area contributed by atoms with Gasteiger partial charge in [0, 0.05) is 0 Å². The van der Waals surface area contributed by atoms with Gasteiger partial charge in [0.1, 0.15) is 6.61 Å². The number of benzene rings is 1. The molecule has 0 atom stereocenters. The van der Waals surface area contributed by atoms with Crippen LogP contribution in [0.5, 0.6) is 5.88 Å². The lowest BCUT2D eigenvalue weighted by atomic mass is 10.2. The maximum Gasteiger partial charge on any atom is 0.226 e. The molecule has 2 aromatic rings. The Morgan fingerprint density at radius 1 is 1.31 bits per heavy atom. The van der Waals surface area contributed by atoms with E-state index < -0.39 is 0 Å². The third-order valence-corrected chi connectivity index (χ3v) is 2.26. The van der Waals surface area contributed by atoms with Gasteiger partial charge in [0.05, 0.1) is 10.9 Å². The summed E-state index contributed by atoms with van der Waals surface area (Å²) in [5.74, 6) is 0.522. The molecule has 0 radical (unpaired) electrons. The summed E-state index contributed by atoms with van der Waals surface area (Å²) in [6, 6.07) is 7.62. The zero-order valence-corrected chi connectivity index (χ0v) is 9.61. The molecular formula is C12H11ClN2O. The molecule has 0 aliphatic carbocycles. The van der Waals surface area contributed by atoms with Crippen molar-refractivity contribution in [1.82, 2.24) is 9.97 Å². The molecule has 0 aliphatic rings. The third-order valence-electron chi connectivity index (χ3n) is 2.09. The molecule has 0 spiro atoms. The van der Waals surface area contributed by atoms with E-state index in [4.69, 9.17) is 16.3 Å². The Labute approximate surface area is 98.7 Å². The van der Waals surface area contributed by atoms with E-state index in [0.29, 0.717) is 12.5 Å². The van der Waals surface area contributed by atoms with E-state index in [2.05, 4.69) is 9.97 Å². The number of aromatic nitrogens is 2. The van der Waals surface area contributed by atoms with Crippen LogP contribution in [0, 0.1) is 0 Å². The highest BCUT2D eigenvalue weighted by atomic mass is 35.5. The number of ether oxygens (including phenoxy) is 1. The zero-order valence-electron chi connectivity index (χ0n) is 8.85. The Hall–Kier alpha value is -1.61. The monoisotopic (exact) mass is 234 g/mol. The first-order valence-electron chi connectivity index (χ1n) is 4.97. The molecule has 2 rings (SSSR count). The van der Waals surface area contributed by atoms with Gasteiger partial charge in [-0.05, 0) is 30.7 Å². The Bertz CT molecular complexity index is 525. The number of nitrogens with zero attached hydrogens (tertiary/aromatic N) is 2. The fourth-order valence-corrected chi connectivity index (χ4v) is 1.52. The first-order valence-corrected chi connectivity index (χ1v) is 5.35. The van der Waals surface area contributed by atoms with Gasteiger partial charge >= 0.3 is 0 Å². The standard InChI is InChI=1S/C12H11ClN2O/c1-2-3-8-16-11-9-6-4-5-7-10(9)14-12(13)15-11/h2-7H,8H2,1H3. The second kappa shape index (κ2) is 4.94. The van der Waals surface area contributed by atoms with Gasteiger partial charge in [-0.1, -0.05) is 24.3 Å². The fourth-order valence-electron chi connectivity index (χ4n) is 1.35. The minimum Gasteiger partial charge on any atom is -0.473 e. The molecule has 0 amide bonds. The molecule has 16 heavy (non-hydrogen) atoms. The number of fused-ring (bicyclic) bond motifs is 1. The first kappa shape index (κ1) is 10.9. The molecular weight excluding hydrogens is 224 g/mol. The third kappa shape index (κ3) is 2.31. The summed E-state index contributed by atoms with van der Waals surface area (Å²) in [5.41, 5.74) is 0.790. The zero-order chi connectivity index (χ0) is 11.4. The van der Waals surface area contributed by atoms with Crippen molar-refractivity contribution in [2.75, 3.05) is 6.61 Å². The SMILES string of the molecule is CC=CCOc1nc(Cl)nc2ccccc12. The van der Waals surface area contributed by atoms with Crippen LogP contribution in [-0.4, -0.2) is 16.6 Å². The van der Waals surface area contributed by atoms with Crippen molar-refractivity contribution in [3.63, 3.8) is 0 Å². The van der Waals surface area contributed by atoms with Gasteiger partial charge in [-0.3, -0.25) is 0 Å². The van der Waals surface area contributed by atoms with Crippen LogP contribution in [-0.2, 0) is 0 Å². The van der Waals surface area contributed by atoms with Crippen LogP contribution in [0.3, 0.4) is 0 Å². The molecule has 4 heteroatoms. The van der Waals surface area contributed by atoms with E-state index in [1.807, 2.05) is 43.3 Å². The topological polar surface area (TPSA) is 35.0 Å². The largest absolute Gasteiger partial charge is 0.473 e. The fraction of sp³-hybridized carbons (Fsp3) is 0.167. The summed E-state index contributed by atoms with van der Waals surface area (Å²) in [7, 11) is 0. The molecule has 0 saturated heterocycles. The van der Waals surface area contributed by atoms with Crippen molar-refractivity contribution in [3.05, 3.63) is 41.7 Å². The normalized spacial score (nSPS) is 11.1. The van der Waals surface area contributed by atoms with E-state index in [-0.39, 0.29) is 5.28 Å². The Morgan fingerprint density at radius 3 is 2.94 bits per heavy atom. The van der Waals surface area contributed by atoms with E-state index in [1.54, 1.807) is 0 Å². The quantitative estimate of drug-likeness (QED) is 0.604. The highest BCUT2D eigenvalue weighted by Crippen LogP contribution is 2.23. The summed E-state index contributed by atoms with van der Waals surface area (Å²) in [4.78, 5) is 8.19. The van der Waals surface area contributed by atoms with Crippen molar-refractivity contribution in [2.45, 2.75) is 6.92 Å². The van der Waals surface area contributed by atoms with Crippen molar-refractivity contribution >= 4 is 22.5 Å².